The van der Waals surface area contributed by atoms with Gasteiger partial charge >= 0.3 is 5.97 Å². The third-order valence-electron chi connectivity index (χ3n) is 2.01. The molecule has 0 fully saturated rings. The topological polar surface area (TPSA) is 26.3 Å². The van der Waals surface area contributed by atoms with E-state index in [4.69, 9.17) is 4.74 Å². The van der Waals surface area contributed by atoms with E-state index in [2.05, 4.69) is 13.8 Å². The van der Waals surface area contributed by atoms with Crippen molar-refractivity contribution < 1.29 is 9.53 Å². The summed E-state index contributed by atoms with van der Waals surface area (Å²) in [6, 6.07) is 0. The average molecular weight is 186 g/mol. The lowest BCUT2D eigenvalue weighted by Gasteiger charge is -2.12. The van der Waals surface area contributed by atoms with Crippen LogP contribution in [0.1, 0.15) is 53.4 Å². The molecule has 0 heterocycles. The van der Waals surface area contributed by atoms with Crippen LogP contribution in [0.25, 0.3) is 0 Å². The molecule has 0 aromatic carbocycles. The van der Waals surface area contributed by atoms with E-state index < -0.39 is 0 Å². The van der Waals surface area contributed by atoms with Crippen molar-refractivity contribution in [2.45, 2.75) is 59.5 Å². The Bertz CT molecular complexity index is 141. The first-order valence-electron chi connectivity index (χ1n) is 5.25. The molecule has 0 aliphatic carbocycles. The number of hydrogen-bond acceptors (Lipinski definition) is 2. The van der Waals surface area contributed by atoms with Gasteiger partial charge in [-0.15, -0.1) is 0 Å². The Hall–Kier alpha value is -0.530. The van der Waals surface area contributed by atoms with Crippen LogP contribution in [0.2, 0.25) is 0 Å². The highest BCUT2D eigenvalue weighted by molar-refractivity contribution is 5.69. The molecule has 0 aliphatic heterocycles. The van der Waals surface area contributed by atoms with Crippen LogP contribution in [0, 0.1) is 5.92 Å². The Morgan fingerprint density at radius 3 is 2.31 bits per heavy atom. The second-order valence-electron chi connectivity index (χ2n) is 3.98. The van der Waals surface area contributed by atoms with Crippen molar-refractivity contribution in [3.8, 4) is 0 Å². The number of esters is 1. The van der Waals surface area contributed by atoms with Crippen LogP contribution < -0.4 is 0 Å². The Kier molecular flexibility index (Phi) is 6.65. The predicted molar refractivity (Wildman–Crippen MR) is 54.5 cm³/mol. The summed E-state index contributed by atoms with van der Waals surface area (Å²) in [5, 5.41) is 0. The quantitative estimate of drug-likeness (QED) is 0.596. The van der Waals surface area contributed by atoms with Crippen molar-refractivity contribution in [3.05, 3.63) is 0 Å². The SMILES string of the molecule is CCC(=O)O[C@H](C)CCCC(C)C. The number of ether oxygens (including phenoxy) is 1. The largest absolute Gasteiger partial charge is 0.463 e. The number of carbonyl (C=O) groups excluding carboxylic acids is 1. The molecule has 1 atom stereocenters. The van der Waals surface area contributed by atoms with Crippen molar-refractivity contribution in [2.24, 2.45) is 5.92 Å². The van der Waals surface area contributed by atoms with Gasteiger partial charge in [0.15, 0.2) is 0 Å². The maximum atomic E-state index is 10.9. The second kappa shape index (κ2) is 6.93. The van der Waals surface area contributed by atoms with Gasteiger partial charge in [-0.25, -0.2) is 0 Å². The highest BCUT2D eigenvalue weighted by Gasteiger charge is 2.07. The minimum Gasteiger partial charge on any atom is -0.463 e. The third kappa shape index (κ3) is 7.82. The average Bonchev–Trinajstić information content (AvgIpc) is 2.03. The Morgan fingerprint density at radius 2 is 1.85 bits per heavy atom. The molecule has 2 nitrogen and oxygen atoms in total. The lowest BCUT2D eigenvalue weighted by molar-refractivity contribution is -0.148. The molecule has 0 spiro atoms. The van der Waals surface area contributed by atoms with Crippen molar-refractivity contribution in [1.29, 1.82) is 0 Å². The van der Waals surface area contributed by atoms with Gasteiger partial charge in [-0.2, -0.15) is 0 Å². The van der Waals surface area contributed by atoms with Crippen LogP contribution in [0.4, 0.5) is 0 Å². The van der Waals surface area contributed by atoms with Crippen LogP contribution in [0.3, 0.4) is 0 Å². The van der Waals surface area contributed by atoms with Gasteiger partial charge in [-0.3, -0.25) is 4.79 Å². The Balaban J connectivity index is 3.40. The molecule has 0 aromatic rings. The zero-order chi connectivity index (χ0) is 10.3. The second-order valence-corrected chi connectivity index (χ2v) is 3.98. The molecule has 0 rings (SSSR count). The fraction of sp³-hybridized carbons (Fsp3) is 0.909. The van der Waals surface area contributed by atoms with Gasteiger partial charge in [0.05, 0.1) is 6.10 Å². The van der Waals surface area contributed by atoms with E-state index in [9.17, 15) is 4.79 Å². The zero-order valence-corrected chi connectivity index (χ0v) is 9.30. The summed E-state index contributed by atoms with van der Waals surface area (Å²) in [4.78, 5) is 10.9. The van der Waals surface area contributed by atoms with Crippen molar-refractivity contribution in [3.63, 3.8) is 0 Å². The molecule has 0 saturated heterocycles. The Morgan fingerprint density at radius 1 is 1.23 bits per heavy atom. The molecule has 13 heavy (non-hydrogen) atoms. The summed E-state index contributed by atoms with van der Waals surface area (Å²) in [5.74, 6) is 0.658. The first kappa shape index (κ1) is 12.5. The standard InChI is InChI=1S/C11H22O2/c1-5-11(12)13-10(4)8-6-7-9(2)3/h9-10H,5-8H2,1-4H3/t10-/m1/s1. The van der Waals surface area contributed by atoms with Crippen LogP contribution in [-0.4, -0.2) is 12.1 Å². The summed E-state index contributed by atoms with van der Waals surface area (Å²) in [5.41, 5.74) is 0. The monoisotopic (exact) mass is 186 g/mol. The molecule has 78 valence electrons. The van der Waals surface area contributed by atoms with Crippen LogP contribution in [0.5, 0.6) is 0 Å². The lowest BCUT2D eigenvalue weighted by Crippen LogP contribution is -2.13. The molecular weight excluding hydrogens is 164 g/mol. The van der Waals surface area contributed by atoms with E-state index in [1.54, 1.807) is 0 Å². The van der Waals surface area contributed by atoms with Crippen LogP contribution in [0.15, 0.2) is 0 Å². The number of rotatable bonds is 6. The van der Waals surface area contributed by atoms with Crippen molar-refractivity contribution in [2.75, 3.05) is 0 Å². The summed E-state index contributed by atoms with van der Waals surface area (Å²) in [7, 11) is 0. The highest BCUT2D eigenvalue weighted by Crippen LogP contribution is 2.10. The van der Waals surface area contributed by atoms with Gasteiger partial charge in [-0.1, -0.05) is 27.2 Å². The first-order chi connectivity index (χ1) is 6.06. The van der Waals surface area contributed by atoms with Gasteiger partial charge in [0.1, 0.15) is 0 Å². The lowest BCUT2D eigenvalue weighted by atomic mass is 10.0. The van der Waals surface area contributed by atoms with Crippen LogP contribution >= 0.6 is 0 Å². The summed E-state index contributed by atoms with van der Waals surface area (Å²) in [6.45, 7) is 8.21. The summed E-state index contributed by atoms with van der Waals surface area (Å²) < 4.78 is 5.14. The molecule has 2 heteroatoms. The van der Waals surface area contributed by atoms with Gasteiger partial charge in [-0.05, 0) is 25.7 Å². The van der Waals surface area contributed by atoms with Gasteiger partial charge in [0, 0.05) is 6.42 Å². The molecule has 0 aromatic heterocycles. The van der Waals surface area contributed by atoms with E-state index in [1.807, 2.05) is 13.8 Å². The van der Waals surface area contributed by atoms with Crippen LogP contribution in [-0.2, 0) is 9.53 Å². The van der Waals surface area contributed by atoms with E-state index >= 15 is 0 Å². The molecule has 0 aliphatic rings. The molecular formula is C11H22O2. The Labute approximate surface area is 81.7 Å². The van der Waals surface area contributed by atoms with E-state index in [0.717, 1.165) is 18.8 Å². The summed E-state index contributed by atoms with van der Waals surface area (Å²) >= 11 is 0. The molecule has 0 N–H and O–H groups in total. The molecule has 0 radical (unpaired) electrons. The minimum atomic E-state index is -0.0861. The van der Waals surface area contributed by atoms with E-state index in [-0.39, 0.29) is 12.1 Å². The fourth-order valence-electron chi connectivity index (χ4n) is 1.18. The van der Waals surface area contributed by atoms with E-state index in [0.29, 0.717) is 6.42 Å². The third-order valence-corrected chi connectivity index (χ3v) is 2.01. The zero-order valence-electron chi connectivity index (χ0n) is 9.30. The van der Waals surface area contributed by atoms with Crippen molar-refractivity contribution >= 4 is 5.97 Å². The molecule has 0 amide bonds. The highest BCUT2D eigenvalue weighted by atomic mass is 16.5. The molecule has 0 bridgehead atoms. The number of carbonyl (C=O) groups is 1. The van der Waals surface area contributed by atoms with Gasteiger partial charge in [0.2, 0.25) is 0 Å². The van der Waals surface area contributed by atoms with Crippen molar-refractivity contribution in [1.82, 2.24) is 0 Å². The summed E-state index contributed by atoms with van der Waals surface area (Å²) in [6.07, 6.45) is 3.92. The fourth-order valence-corrected chi connectivity index (χ4v) is 1.18. The number of hydrogen-bond donors (Lipinski definition) is 0. The predicted octanol–water partition coefficient (Wildman–Crippen LogP) is 3.15. The van der Waals surface area contributed by atoms with Gasteiger partial charge < -0.3 is 4.74 Å². The first-order valence-corrected chi connectivity index (χ1v) is 5.25. The smallest absolute Gasteiger partial charge is 0.305 e. The maximum absolute atomic E-state index is 10.9. The van der Waals surface area contributed by atoms with Gasteiger partial charge in [0.25, 0.3) is 0 Å². The normalized spacial score (nSPS) is 13.0. The molecule has 0 unspecified atom stereocenters. The maximum Gasteiger partial charge on any atom is 0.305 e. The minimum absolute atomic E-state index is 0.0861. The molecule has 0 saturated carbocycles. The van der Waals surface area contributed by atoms with E-state index in [1.165, 1.54) is 6.42 Å².